The van der Waals surface area contributed by atoms with E-state index >= 15 is 0 Å². The first-order valence-corrected chi connectivity index (χ1v) is 6.52. The van der Waals surface area contributed by atoms with Gasteiger partial charge in [-0.05, 0) is 37.4 Å². The molecule has 0 saturated carbocycles. The molecular formula is C14H18F2N2O. The molecule has 1 amide bonds. The number of piperidine rings is 1. The number of halogens is 2. The van der Waals surface area contributed by atoms with Gasteiger partial charge in [0.15, 0.2) is 0 Å². The Morgan fingerprint density at radius 1 is 1.47 bits per heavy atom. The van der Waals surface area contributed by atoms with Crippen LogP contribution in [-0.2, 0) is 4.79 Å². The maximum absolute atomic E-state index is 13.4. The number of carbonyl (C=O) groups is 1. The maximum atomic E-state index is 13.4. The van der Waals surface area contributed by atoms with Crippen LogP contribution in [0, 0.1) is 17.6 Å². The van der Waals surface area contributed by atoms with Gasteiger partial charge < -0.3 is 5.32 Å². The van der Waals surface area contributed by atoms with Crippen LogP contribution in [0.3, 0.4) is 0 Å². The van der Waals surface area contributed by atoms with Gasteiger partial charge in [0.25, 0.3) is 0 Å². The van der Waals surface area contributed by atoms with Crippen molar-refractivity contribution >= 4 is 11.6 Å². The van der Waals surface area contributed by atoms with Crippen LogP contribution in [0.4, 0.5) is 14.5 Å². The molecule has 1 aliphatic heterocycles. The summed E-state index contributed by atoms with van der Waals surface area (Å²) >= 11 is 0. The zero-order chi connectivity index (χ0) is 13.8. The van der Waals surface area contributed by atoms with E-state index in [1.807, 2.05) is 0 Å². The summed E-state index contributed by atoms with van der Waals surface area (Å²) in [6.45, 7) is 4.19. The molecule has 1 aromatic carbocycles. The summed E-state index contributed by atoms with van der Waals surface area (Å²) in [4.78, 5) is 13.9. The van der Waals surface area contributed by atoms with Crippen molar-refractivity contribution in [3.8, 4) is 0 Å². The fourth-order valence-corrected chi connectivity index (χ4v) is 2.41. The van der Waals surface area contributed by atoms with Crippen LogP contribution in [0.2, 0.25) is 0 Å². The lowest BCUT2D eigenvalue weighted by atomic mass is 10.0. The second kappa shape index (κ2) is 6.10. The van der Waals surface area contributed by atoms with E-state index in [4.69, 9.17) is 0 Å². The third-order valence-electron chi connectivity index (χ3n) is 3.31. The molecule has 0 radical (unpaired) electrons. The molecule has 1 atom stereocenters. The van der Waals surface area contributed by atoms with Crippen molar-refractivity contribution in [2.24, 2.45) is 5.92 Å². The predicted molar refractivity (Wildman–Crippen MR) is 69.8 cm³/mol. The number of rotatable bonds is 3. The van der Waals surface area contributed by atoms with Gasteiger partial charge in [-0.1, -0.05) is 6.92 Å². The maximum Gasteiger partial charge on any atom is 0.238 e. The number of carbonyl (C=O) groups excluding carboxylic acids is 1. The molecule has 1 N–H and O–H groups in total. The quantitative estimate of drug-likeness (QED) is 0.914. The van der Waals surface area contributed by atoms with E-state index in [0.717, 1.165) is 31.6 Å². The van der Waals surface area contributed by atoms with Crippen LogP contribution in [0.25, 0.3) is 0 Å². The first-order valence-electron chi connectivity index (χ1n) is 6.52. The highest BCUT2D eigenvalue weighted by molar-refractivity contribution is 5.92. The zero-order valence-electron chi connectivity index (χ0n) is 11.0. The largest absolute Gasteiger partial charge is 0.322 e. The standard InChI is InChI=1S/C14H18F2N2O/c1-10-3-2-6-18(8-10)9-14(19)17-13-5-4-11(15)7-12(13)16/h4-5,7,10H,2-3,6,8-9H2,1H3,(H,17,19)/t10-/m1/s1. The number of likely N-dealkylation sites (tertiary alicyclic amines) is 1. The van der Waals surface area contributed by atoms with Crippen LogP contribution in [0.5, 0.6) is 0 Å². The van der Waals surface area contributed by atoms with Gasteiger partial charge in [-0.25, -0.2) is 8.78 Å². The summed E-state index contributed by atoms with van der Waals surface area (Å²) in [5.74, 6) is -1.08. The number of anilines is 1. The highest BCUT2D eigenvalue weighted by atomic mass is 19.1. The van der Waals surface area contributed by atoms with Crippen molar-refractivity contribution in [2.75, 3.05) is 25.0 Å². The smallest absolute Gasteiger partial charge is 0.238 e. The lowest BCUT2D eigenvalue weighted by Crippen LogP contribution is -2.39. The molecule has 1 saturated heterocycles. The molecule has 0 aromatic heterocycles. The van der Waals surface area contributed by atoms with Crippen LogP contribution in [-0.4, -0.2) is 30.4 Å². The molecule has 19 heavy (non-hydrogen) atoms. The molecule has 0 aliphatic carbocycles. The molecule has 0 bridgehead atoms. The summed E-state index contributed by atoms with van der Waals surface area (Å²) in [5, 5.41) is 2.48. The Bertz CT molecular complexity index is 465. The van der Waals surface area contributed by atoms with E-state index in [-0.39, 0.29) is 18.1 Å². The van der Waals surface area contributed by atoms with Gasteiger partial charge in [0, 0.05) is 12.6 Å². The molecule has 2 rings (SSSR count). The first kappa shape index (κ1) is 13.9. The minimum absolute atomic E-state index is 0.0245. The molecule has 1 heterocycles. The molecule has 1 fully saturated rings. The minimum Gasteiger partial charge on any atom is -0.322 e. The Labute approximate surface area is 111 Å². The Hall–Kier alpha value is -1.49. The fraction of sp³-hybridized carbons (Fsp3) is 0.500. The molecule has 104 valence electrons. The number of benzene rings is 1. The lowest BCUT2D eigenvalue weighted by Gasteiger charge is -2.30. The third kappa shape index (κ3) is 3.99. The van der Waals surface area contributed by atoms with Crippen molar-refractivity contribution in [2.45, 2.75) is 19.8 Å². The minimum atomic E-state index is -0.750. The number of nitrogens with one attached hydrogen (secondary N) is 1. The number of amides is 1. The molecule has 1 aromatic rings. The van der Waals surface area contributed by atoms with Gasteiger partial charge in [0.1, 0.15) is 11.6 Å². The molecule has 0 spiro atoms. The summed E-state index contributed by atoms with van der Waals surface area (Å²) in [6.07, 6.45) is 2.27. The lowest BCUT2D eigenvalue weighted by molar-refractivity contribution is -0.117. The number of hydrogen-bond donors (Lipinski definition) is 1. The van der Waals surface area contributed by atoms with Crippen LogP contribution >= 0.6 is 0 Å². The predicted octanol–water partition coefficient (Wildman–Crippen LogP) is 2.64. The van der Waals surface area contributed by atoms with Crippen molar-refractivity contribution in [3.63, 3.8) is 0 Å². The molecular weight excluding hydrogens is 250 g/mol. The summed E-state index contributed by atoms with van der Waals surface area (Å²) < 4.78 is 26.1. The van der Waals surface area contributed by atoms with E-state index < -0.39 is 11.6 Å². The monoisotopic (exact) mass is 268 g/mol. The van der Waals surface area contributed by atoms with E-state index in [1.54, 1.807) is 0 Å². The highest BCUT2D eigenvalue weighted by Gasteiger charge is 2.19. The number of nitrogens with zero attached hydrogens (tertiary/aromatic N) is 1. The van der Waals surface area contributed by atoms with E-state index in [0.29, 0.717) is 5.92 Å². The molecule has 0 unspecified atom stereocenters. The van der Waals surface area contributed by atoms with E-state index in [1.165, 1.54) is 12.5 Å². The third-order valence-corrected chi connectivity index (χ3v) is 3.31. The van der Waals surface area contributed by atoms with E-state index in [9.17, 15) is 13.6 Å². The Balaban J connectivity index is 1.90. The second-order valence-corrected chi connectivity index (χ2v) is 5.15. The van der Waals surface area contributed by atoms with Gasteiger partial charge in [0.2, 0.25) is 5.91 Å². The van der Waals surface area contributed by atoms with Gasteiger partial charge in [-0.3, -0.25) is 9.69 Å². The Kier molecular flexibility index (Phi) is 4.47. The Morgan fingerprint density at radius 2 is 2.26 bits per heavy atom. The van der Waals surface area contributed by atoms with Crippen LogP contribution in [0.1, 0.15) is 19.8 Å². The van der Waals surface area contributed by atoms with Gasteiger partial charge in [-0.15, -0.1) is 0 Å². The zero-order valence-corrected chi connectivity index (χ0v) is 11.0. The van der Waals surface area contributed by atoms with Crippen LogP contribution < -0.4 is 5.32 Å². The molecule has 3 nitrogen and oxygen atoms in total. The highest BCUT2D eigenvalue weighted by Crippen LogP contribution is 2.17. The fourth-order valence-electron chi connectivity index (χ4n) is 2.41. The molecule has 5 heteroatoms. The average Bonchev–Trinajstić information content (AvgIpc) is 2.33. The van der Waals surface area contributed by atoms with Gasteiger partial charge in [-0.2, -0.15) is 0 Å². The normalized spacial score (nSPS) is 20.3. The topological polar surface area (TPSA) is 32.3 Å². The van der Waals surface area contributed by atoms with Crippen molar-refractivity contribution in [3.05, 3.63) is 29.8 Å². The summed E-state index contributed by atoms with van der Waals surface area (Å²) in [5.41, 5.74) is 0.0245. The van der Waals surface area contributed by atoms with Gasteiger partial charge in [0.05, 0.1) is 12.2 Å². The SMILES string of the molecule is C[C@@H]1CCCN(CC(=O)Nc2ccc(F)cc2F)C1. The van der Waals surface area contributed by atoms with Crippen molar-refractivity contribution in [1.82, 2.24) is 4.90 Å². The summed E-state index contributed by atoms with van der Waals surface area (Å²) in [7, 11) is 0. The Morgan fingerprint density at radius 3 is 2.95 bits per heavy atom. The van der Waals surface area contributed by atoms with Gasteiger partial charge >= 0.3 is 0 Å². The number of hydrogen-bond acceptors (Lipinski definition) is 2. The van der Waals surface area contributed by atoms with E-state index in [2.05, 4.69) is 17.1 Å². The first-order chi connectivity index (χ1) is 9.04. The van der Waals surface area contributed by atoms with Crippen molar-refractivity contribution in [1.29, 1.82) is 0 Å². The van der Waals surface area contributed by atoms with Crippen LogP contribution in [0.15, 0.2) is 18.2 Å². The molecule has 1 aliphatic rings. The van der Waals surface area contributed by atoms with Crippen molar-refractivity contribution < 1.29 is 13.6 Å². The summed E-state index contributed by atoms with van der Waals surface area (Å²) in [6, 6.07) is 3.13. The second-order valence-electron chi connectivity index (χ2n) is 5.15. The average molecular weight is 268 g/mol.